The van der Waals surface area contributed by atoms with Crippen LogP contribution in [0.4, 0.5) is 10.5 Å². The fraction of sp³-hybridized carbons (Fsp3) is 0.462. The lowest BCUT2D eigenvalue weighted by molar-refractivity contribution is 0.200. The molecule has 0 saturated carbocycles. The Hall–Kier alpha value is -0.930. The molecule has 1 aromatic carbocycles. The van der Waals surface area contributed by atoms with E-state index in [0.29, 0.717) is 15.7 Å². The maximum atomic E-state index is 12.0. The molecule has 1 saturated heterocycles. The second kappa shape index (κ2) is 5.81. The Labute approximate surface area is 117 Å². The van der Waals surface area contributed by atoms with E-state index in [1.165, 1.54) is 6.42 Å². The molecule has 1 aliphatic rings. The summed E-state index contributed by atoms with van der Waals surface area (Å²) in [7, 11) is 0. The zero-order chi connectivity index (χ0) is 13.1. The van der Waals surface area contributed by atoms with Gasteiger partial charge in [-0.2, -0.15) is 0 Å². The molecule has 1 fully saturated rings. The average molecular weight is 287 g/mol. The fourth-order valence-corrected chi connectivity index (χ4v) is 2.46. The summed E-state index contributed by atoms with van der Waals surface area (Å²) in [5, 5.41) is 3.94. The third kappa shape index (κ3) is 3.09. The van der Waals surface area contributed by atoms with Crippen LogP contribution >= 0.6 is 23.2 Å². The Morgan fingerprint density at radius 2 is 1.83 bits per heavy atom. The lowest BCUT2D eigenvalue weighted by Crippen LogP contribution is -2.38. The van der Waals surface area contributed by atoms with Crippen molar-refractivity contribution in [3.63, 3.8) is 0 Å². The number of halogens is 2. The first-order chi connectivity index (χ1) is 8.58. The van der Waals surface area contributed by atoms with Gasteiger partial charge in [0.05, 0.1) is 10.7 Å². The molecule has 18 heavy (non-hydrogen) atoms. The van der Waals surface area contributed by atoms with Gasteiger partial charge >= 0.3 is 6.03 Å². The van der Waals surface area contributed by atoms with E-state index in [-0.39, 0.29) is 6.03 Å². The second-order valence-corrected chi connectivity index (χ2v) is 5.37. The van der Waals surface area contributed by atoms with E-state index in [9.17, 15) is 4.79 Å². The number of urea groups is 1. The van der Waals surface area contributed by atoms with Crippen molar-refractivity contribution in [3.8, 4) is 0 Å². The molecule has 2 rings (SSSR count). The molecule has 1 aliphatic heterocycles. The van der Waals surface area contributed by atoms with Crippen LogP contribution in [0, 0.1) is 6.92 Å². The summed E-state index contributed by atoms with van der Waals surface area (Å²) in [6, 6.07) is 3.35. The molecule has 1 aromatic rings. The van der Waals surface area contributed by atoms with Crippen LogP contribution in [0.5, 0.6) is 0 Å². The van der Waals surface area contributed by atoms with Gasteiger partial charge in [-0.1, -0.05) is 23.2 Å². The Morgan fingerprint density at radius 1 is 1.17 bits per heavy atom. The predicted molar refractivity (Wildman–Crippen MR) is 75.6 cm³/mol. The number of anilines is 1. The molecule has 2 amide bonds. The van der Waals surface area contributed by atoms with E-state index < -0.39 is 0 Å². The summed E-state index contributed by atoms with van der Waals surface area (Å²) in [6.07, 6.45) is 3.33. The first-order valence-electron chi connectivity index (χ1n) is 6.09. The Kier molecular flexibility index (Phi) is 4.36. The van der Waals surface area contributed by atoms with Gasteiger partial charge in [-0.05, 0) is 43.9 Å². The van der Waals surface area contributed by atoms with Crippen molar-refractivity contribution < 1.29 is 4.79 Å². The number of carbonyl (C=O) groups is 1. The van der Waals surface area contributed by atoms with E-state index >= 15 is 0 Å². The molecule has 0 atom stereocenters. The van der Waals surface area contributed by atoms with Crippen LogP contribution in [0.2, 0.25) is 10.0 Å². The molecule has 1 N–H and O–H groups in total. The smallest absolute Gasteiger partial charge is 0.321 e. The molecule has 0 aliphatic carbocycles. The number of nitrogens with one attached hydrogen (secondary N) is 1. The first kappa shape index (κ1) is 13.5. The van der Waals surface area contributed by atoms with Gasteiger partial charge in [0.25, 0.3) is 0 Å². The average Bonchev–Trinajstić information content (AvgIpc) is 2.37. The van der Waals surface area contributed by atoms with E-state index in [0.717, 1.165) is 31.5 Å². The molecule has 3 nitrogen and oxygen atoms in total. The quantitative estimate of drug-likeness (QED) is 0.819. The summed E-state index contributed by atoms with van der Waals surface area (Å²) >= 11 is 12.1. The number of benzene rings is 1. The van der Waals surface area contributed by atoms with Gasteiger partial charge in [0.2, 0.25) is 0 Å². The summed E-state index contributed by atoms with van der Waals surface area (Å²) < 4.78 is 0. The number of piperidine rings is 1. The van der Waals surface area contributed by atoms with Crippen molar-refractivity contribution >= 4 is 34.9 Å². The van der Waals surface area contributed by atoms with Crippen LogP contribution in [0.3, 0.4) is 0 Å². The number of nitrogens with zero attached hydrogens (tertiary/aromatic N) is 1. The summed E-state index contributed by atoms with van der Waals surface area (Å²) in [6.45, 7) is 3.50. The van der Waals surface area contributed by atoms with Gasteiger partial charge in [-0.15, -0.1) is 0 Å². The van der Waals surface area contributed by atoms with E-state index in [1.54, 1.807) is 12.1 Å². The van der Waals surface area contributed by atoms with Crippen molar-refractivity contribution in [1.29, 1.82) is 0 Å². The normalized spacial score (nSPS) is 15.6. The Morgan fingerprint density at radius 3 is 2.50 bits per heavy atom. The highest BCUT2D eigenvalue weighted by atomic mass is 35.5. The molecular weight excluding hydrogens is 271 g/mol. The lowest BCUT2D eigenvalue weighted by atomic mass is 10.1. The number of hydrogen-bond acceptors (Lipinski definition) is 1. The second-order valence-electron chi connectivity index (χ2n) is 4.56. The van der Waals surface area contributed by atoms with Crippen LogP contribution in [0.25, 0.3) is 0 Å². The topological polar surface area (TPSA) is 32.3 Å². The zero-order valence-corrected chi connectivity index (χ0v) is 11.8. The molecule has 98 valence electrons. The third-order valence-electron chi connectivity index (χ3n) is 3.13. The van der Waals surface area contributed by atoms with Crippen LogP contribution in [-0.4, -0.2) is 24.0 Å². The standard InChI is InChI=1S/C13H16Cl2N2O/c1-9-7-11(15)12(8-10(9)14)16-13(18)17-5-3-2-4-6-17/h7-8H,2-6H2,1H3,(H,16,18). The maximum Gasteiger partial charge on any atom is 0.321 e. The maximum absolute atomic E-state index is 12.0. The van der Waals surface area contributed by atoms with Crippen molar-refractivity contribution in [2.45, 2.75) is 26.2 Å². The van der Waals surface area contributed by atoms with Gasteiger partial charge in [-0.3, -0.25) is 0 Å². The zero-order valence-electron chi connectivity index (χ0n) is 10.3. The van der Waals surface area contributed by atoms with Crippen molar-refractivity contribution in [2.75, 3.05) is 18.4 Å². The van der Waals surface area contributed by atoms with Gasteiger partial charge in [0.1, 0.15) is 0 Å². The molecule has 0 unspecified atom stereocenters. The number of carbonyl (C=O) groups excluding carboxylic acids is 1. The van der Waals surface area contributed by atoms with Gasteiger partial charge in [-0.25, -0.2) is 4.79 Å². The molecule has 0 radical (unpaired) electrons. The van der Waals surface area contributed by atoms with Gasteiger partial charge in [0.15, 0.2) is 0 Å². The van der Waals surface area contributed by atoms with Crippen molar-refractivity contribution in [3.05, 3.63) is 27.7 Å². The van der Waals surface area contributed by atoms with Crippen molar-refractivity contribution in [2.24, 2.45) is 0 Å². The van der Waals surface area contributed by atoms with Gasteiger partial charge < -0.3 is 10.2 Å². The van der Waals surface area contributed by atoms with Crippen LogP contribution < -0.4 is 5.32 Å². The molecule has 0 bridgehead atoms. The van der Waals surface area contributed by atoms with E-state index in [2.05, 4.69) is 5.32 Å². The highest BCUT2D eigenvalue weighted by Gasteiger charge is 2.17. The summed E-state index contributed by atoms with van der Waals surface area (Å²) in [4.78, 5) is 13.8. The Bertz CT molecular complexity index is 457. The van der Waals surface area contributed by atoms with Crippen LogP contribution in [0.15, 0.2) is 12.1 Å². The van der Waals surface area contributed by atoms with Crippen molar-refractivity contribution in [1.82, 2.24) is 4.90 Å². The minimum absolute atomic E-state index is 0.100. The minimum atomic E-state index is -0.100. The highest BCUT2D eigenvalue weighted by Crippen LogP contribution is 2.29. The fourth-order valence-electron chi connectivity index (χ4n) is 2.03. The number of amides is 2. The highest BCUT2D eigenvalue weighted by molar-refractivity contribution is 6.36. The monoisotopic (exact) mass is 286 g/mol. The number of rotatable bonds is 1. The lowest BCUT2D eigenvalue weighted by Gasteiger charge is -2.27. The number of hydrogen-bond donors (Lipinski definition) is 1. The molecule has 0 aromatic heterocycles. The molecule has 1 heterocycles. The largest absolute Gasteiger partial charge is 0.325 e. The third-order valence-corrected chi connectivity index (χ3v) is 3.85. The predicted octanol–water partition coefficient (Wildman–Crippen LogP) is 4.32. The molecular formula is C13H16Cl2N2O. The summed E-state index contributed by atoms with van der Waals surface area (Å²) in [5.74, 6) is 0. The van der Waals surface area contributed by atoms with Crippen LogP contribution in [-0.2, 0) is 0 Å². The van der Waals surface area contributed by atoms with Crippen LogP contribution in [0.1, 0.15) is 24.8 Å². The number of likely N-dealkylation sites (tertiary alicyclic amines) is 1. The summed E-state index contributed by atoms with van der Waals surface area (Å²) in [5.41, 5.74) is 1.47. The first-order valence-corrected chi connectivity index (χ1v) is 6.85. The number of aryl methyl sites for hydroxylation is 1. The molecule has 0 spiro atoms. The van der Waals surface area contributed by atoms with Gasteiger partial charge in [0, 0.05) is 18.1 Å². The molecule has 5 heteroatoms. The van der Waals surface area contributed by atoms with E-state index in [1.807, 2.05) is 11.8 Å². The minimum Gasteiger partial charge on any atom is -0.325 e. The SMILES string of the molecule is Cc1cc(Cl)c(NC(=O)N2CCCCC2)cc1Cl. The van der Waals surface area contributed by atoms with E-state index in [4.69, 9.17) is 23.2 Å². The Balaban J connectivity index is 2.08.